The van der Waals surface area contributed by atoms with Gasteiger partial charge >= 0.3 is 0 Å². The van der Waals surface area contributed by atoms with Crippen LogP contribution in [0.5, 0.6) is 23.0 Å². The Morgan fingerprint density at radius 1 is 0.800 bits per heavy atom. The van der Waals surface area contributed by atoms with E-state index in [4.69, 9.17) is 14.2 Å². The van der Waals surface area contributed by atoms with Crippen molar-refractivity contribution in [2.45, 2.75) is 63.3 Å². The number of hydrogen-bond donors (Lipinski definition) is 1. The van der Waals surface area contributed by atoms with Crippen LogP contribution in [0.1, 0.15) is 68.3 Å². The largest absolute Gasteiger partial charge is 0.494 e. The van der Waals surface area contributed by atoms with Gasteiger partial charge in [-0.15, -0.1) is 0 Å². The molecule has 2 fully saturated rings. The van der Waals surface area contributed by atoms with E-state index in [0.717, 1.165) is 91.1 Å². The van der Waals surface area contributed by atoms with E-state index in [2.05, 4.69) is 29.0 Å². The molecule has 0 bridgehead atoms. The highest BCUT2D eigenvalue weighted by molar-refractivity contribution is 7.90. The van der Waals surface area contributed by atoms with Crippen LogP contribution in [-0.2, 0) is 9.84 Å². The summed E-state index contributed by atoms with van der Waals surface area (Å²) in [5.41, 5.74) is 3.23. The van der Waals surface area contributed by atoms with Gasteiger partial charge in [0.15, 0.2) is 9.84 Å². The fourth-order valence-corrected chi connectivity index (χ4v) is 8.60. The molecular formula is C50H57N3O6S. The Morgan fingerprint density at radius 3 is 2.17 bits per heavy atom. The second-order valence-corrected chi connectivity index (χ2v) is 17.8. The van der Waals surface area contributed by atoms with Gasteiger partial charge in [-0.3, -0.25) is 4.79 Å². The molecule has 5 aromatic rings. The van der Waals surface area contributed by atoms with Gasteiger partial charge in [0.25, 0.3) is 5.91 Å². The Morgan fingerprint density at radius 2 is 1.48 bits per heavy atom. The first-order valence-electron chi connectivity index (χ1n) is 21.4. The average Bonchev–Trinajstić information content (AvgIpc) is 3.28. The SMILES string of the molecule is CCCCOc1ccc2c(Oc3ccc(OCCN(CC)C(=O)c4ccc(C#CC5CCN(C6CCNCC6)CC5)cc4)cc3)c(-c3ccc(S(C)(=O)=O)cc3)ccc2c1. The number of rotatable bonds is 15. The molecule has 0 spiro atoms. The van der Waals surface area contributed by atoms with E-state index >= 15 is 0 Å². The quantitative estimate of drug-likeness (QED) is 0.0825. The highest BCUT2D eigenvalue weighted by Gasteiger charge is 2.25. The number of hydrogen-bond acceptors (Lipinski definition) is 8. The molecule has 2 saturated heterocycles. The number of likely N-dealkylation sites (N-methyl/N-ethyl adjacent to an activating group) is 1. The first kappa shape index (κ1) is 42.8. The van der Waals surface area contributed by atoms with Gasteiger partial charge in [0.2, 0.25) is 0 Å². The van der Waals surface area contributed by atoms with E-state index in [1.807, 2.05) is 85.8 Å². The number of amides is 1. The van der Waals surface area contributed by atoms with Crippen molar-refractivity contribution in [1.82, 2.24) is 15.1 Å². The summed E-state index contributed by atoms with van der Waals surface area (Å²) in [7, 11) is -3.34. The summed E-state index contributed by atoms with van der Waals surface area (Å²) in [4.78, 5) is 18.2. The van der Waals surface area contributed by atoms with E-state index < -0.39 is 9.84 Å². The number of fused-ring (bicyclic) bond motifs is 1. The summed E-state index contributed by atoms with van der Waals surface area (Å²) in [6.45, 7) is 10.6. The molecule has 10 heteroatoms. The lowest BCUT2D eigenvalue weighted by Gasteiger charge is -2.38. The summed E-state index contributed by atoms with van der Waals surface area (Å²) < 4.78 is 43.0. The number of sulfone groups is 1. The zero-order valence-corrected chi connectivity index (χ0v) is 35.9. The molecule has 1 amide bonds. The molecule has 0 radical (unpaired) electrons. The van der Waals surface area contributed by atoms with Crippen LogP contribution < -0.4 is 19.5 Å². The van der Waals surface area contributed by atoms with Crippen molar-refractivity contribution in [3.63, 3.8) is 0 Å². The monoisotopic (exact) mass is 827 g/mol. The number of nitrogens with zero attached hydrogens (tertiary/aromatic N) is 2. The molecule has 0 unspecified atom stereocenters. The van der Waals surface area contributed by atoms with Crippen LogP contribution in [-0.4, -0.2) is 88.9 Å². The van der Waals surface area contributed by atoms with E-state index in [1.165, 1.54) is 19.1 Å². The van der Waals surface area contributed by atoms with Gasteiger partial charge in [0.1, 0.15) is 29.6 Å². The number of nitrogens with one attached hydrogen (secondary N) is 1. The highest BCUT2D eigenvalue weighted by Crippen LogP contribution is 2.41. The van der Waals surface area contributed by atoms with Crippen LogP contribution in [0.15, 0.2) is 108 Å². The van der Waals surface area contributed by atoms with Crippen LogP contribution >= 0.6 is 0 Å². The van der Waals surface area contributed by atoms with Gasteiger partial charge in [-0.2, -0.15) is 0 Å². The van der Waals surface area contributed by atoms with Crippen molar-refractivity contribution < 1.29 is 27.4 Å². The molecule has 0 aromatic heterocycles. The second-order valence-electron chi connectivity index (χ2n) is 15.8. The smallest absolute Gasteiger partial charge is 0.253 e. The number of likely N-dealkylation sites (tertiary alicyclic amines) is 1. The Labute approximate surface area is 355 Å². The third-order valence-electron chi connectivity index (χ3n) is 11.6. The molecule has 0 atom stereocenters. The van der Waals surface area contributed by atoms with E-state index in [1.54, 1.807) is 29.2 Å². The number of unbranched alkanes of at least 4 members (excludes halogenated alkanes) is 1. The minimum Gasteiger partial charge on any atom is -0.494 e. The van der Waals surface area contributed by atoms with Crippen molar-refractivity contribution >= 4 is 26.5 Å². The first-order chi connectivity index (χ1) is 29.2. The normalized spacial score (nSPS) is 15.2. The van der Waals surface area contributed by atoms with Gasteiger partial charge in [-0.25, -0.2) is 8.42 Å². The van der Waals surface area contributed by atoms with Crippen molar-refractivity contribution in [3.8, 4) is 46.0 Å². The fraction of sp³-hybridized carbons (Fsp3) is 0.380. The molecule has 2 heterocycles. The number of piperidine rings is 2. The van der Waals surface area contributed by atoms with Crippen LogP contribution in [0.2, 0.25) is 0 Å². The predicted molar refractivity (Wildman–Crippen MR) is 240 cm³/mol. The van der Waals surface area contributed by atoms with Crippen LogP contribution in [0.4, 0.5) is 0 Å². The molecule has 5 aromatic carbocycles. The second kappa shape index (κ2) is 20.3. The molecule has 314 valence electrons. The zero-order valence-electron chi connectivity index (χ0n) is 35.1. The summed E-state index contributed by atoms with van der Waals surface area (Å²) in [6, 6.07) is 32.6. The Bertz CT molecular complexity index is 2370. The maximum absolute atomic E-state index is 13.5. The maximum atomic E-state index is 13.5. The predicted octanol–water partition coefficient (Wildman–Crippen LogP) is 9.24. The lowest BCUT2D eigenvalue weighted by Crippen LogP contribution is -2.46. The maximum Gasteiger partial charge on any atom is 0.253 e. The van der Waals surface area contributed by atoms with E-state index in [0.29, 0.717) is 55.0 Å². The van der Waals surface area contributed by atoms with Crippen LogP contribution in [0, 0.1) is 17.8 Å². The van der Waals surface area contributed by atoms with E-state index in [-0.39, 0.29) is 10.8 Å². The molecule has 7 rings (SSSR count). The molecule has 0 aliphatic carbocycles. The molecule has 9 nitrogen and oxygen atoms in total. The lowest BCUT2D eigenvalue weighted by atomic mass is 9.94. The Kier molecular flexibility index (Phi) is 14.5. The zero-order chi connectivity index (χ0) is 41.9. The summed E-state index contributed by atoms with van der Waals surface area (Å²) in [5, 5.41) is 5.33. The van der Waals surface area contributed by atoms with Crippen LogP contribution in [0.25, 0.3) is 21.9 Å². The third-order valence-corrected chi connectivity index (χ3v) is 12.7. The molecule has 2 aliphatic rings. The number of carbonyl (C=O) groups excluding carboxylic acids is 1. The number of carbonyl (C=O) groups is 1. The minimum atomic E-state index is -3.34. The standard InChI is InChI=1S/C50H57N3O6S/c1-4-6-34-57-45-20-24-48-41(36-45)15-23-47(39-13-21-46(22-14-39)60(3,55)56)49(48)59-44-18-16-43(17-19-44)58-35-33-52(5-2)50(54)40-11-9-37(10-12-40)7-8-38-27-31-53(32-28-38)42-25-29-51-30-26-42/h9-24,36,38,42,51H,4-6,25-35H2,1-3H3. The summed E-state index contributed by atoms with van der Waals surface area (Å²) in [5.74, 6) is 9.97. The Hall–Kier alpha value is -5.34. The first-order valence-corrected chi connectivity index (χ1v) is 23.3. The Balaban J connectivity index is 0.954. The average molecular weight is 828 g/mol. The van der Waals surface area contributed by atoms with Gasteiger partial charge in [0.05, 0.1) is 18.0 Å². The van der Waals surface area contributed by atoms with Gasteiger partial charge in [0, 0.05) is 46.8 Å². The fourth-order valence-electron chi connectivity index (χ4n) is 7.97. The molecule has 2 aliphatic heterocycles. The highest BCUT2D eigenvalue weighted by atomic mass is 32.2. The third kappa shape index (κ3) is 11.1. The van der Waals surface area contributed by atoms with Crippen molar-refractivity contribution in [3.05, 3.63) is 114 Å². The molecule has 60 heavy (non-hydrogen) atoms. The van der Waals surface area contributed by atoms with Crippen molar-refractivity contribution in [2.24, 2.45) is 5.92 Å². The molecule has 0 saturated carbocycles. The van der Waals surface area contributed by atoms with Gasteiger partial charge < -0.3 is 29.3 Å². The summed E-state index contributed by atoms with van der Waals surface area (Å²) in [6.07, 6.45) is 7.97. The minimum absolute atomic E-state index is 0.0360. The van der Waals surface area contributed by atoms with Crippen molar-refractivity contribution in [1.29, 1.82) is 0 Å². The summed E-state index contributed by atoms with van der Waals surface area (Å²) >= 11 is 0. The van der Waals surface area contributed by atoms with Crippen LogP contribution in [0.3, 0.4) is 0 Å². The molecule has 1 N–H and O–H groups in total. The number of ether oxygens (including phenoxy) is 3. The van der Waals surface area contributed by atoms with Crippen molar-refractivity contribution in [2.75, 3.05) is 58.7 Å². The molecular weight excluding hydrogens is 771 g/mol. The van der Waals surface area contributed by atoms with Gasteiger partial charge in [-0.1, -0.05) is 43.4 Å². The van der Waals surface area contributed by atoms with Gasteiger partial charge in [-0.05, 0) is 161 Å². The topological polar surface area (TPSA) is 97.4 Å². The lowest BCUT2D eigenvalue weighted by molar-refractivity contribution is 0.0739. The van der Waals surface area contributed by atoms with E-state index in [9.17, 15) is 13.2 Å². The number of benzene rings is 5.